The monoisotopic (exact) mass is 480 g/mol. The Morgan fingerprint density at radius 3 is 2.61 bits per heavy atom. The Kier molecular flexibility index (Phi) is 7.84. The van der Waals surface area contributed by atoms with Crippen LogP contribution in [0.25, 0.3) is 6.08 Å². The molecule has 3 aromatic rings. The van der Waals surface area contributed by atoms with Gasteiger partial charge in [-0.15, -0.1) is 10.2 Å². The minimum absolute atomic E-state index is 0.0210. The van der Waals surface area contributed by atoms with Crippen molar-refractivity contribution in [2.45, 2.75) is 25.7 Å². The topological polar surface area (TPSA) is 94.7 Å². The second kappa shape index (κ2) is 10.6. The van der Waals surface area contributed by atoms with E-state index in [0.717, 1.165) is 17.3 Å². The number of carboxylic acids is 1. The smallest absolute Gasteiger partial charge is 0.342 e. The summed E-state index contributed by atoms with van der Waals surface area (Å²) in [4.78, 5) is 11.7. The zero-order valence-corrected chi connectivity index (χ0v) is 18.9. The molecule has 3 rings (SSSR count). The first kappa shape index (κ1) is 23.0. The van der Waals surface area contributed by atoms with Gasteiger partial charge in [0.05, 0.1) is 6.61 Å². The Labute approximate surface area is 193 Å². The van der Waals surface area contributed by atoms with Gasteiger partial charge < -0.3 is 19.0 Å². The number of halogens is 2. The predicted octanol–water partition coefficient (Wildman–Crippen LogP) is 5.88. The van der Waals surface area contributed by atoms with Gasteiger partial charge in [0.2, 0.25) is 5.89 Å². The van der Waals surface area contributed by atoms with Crippen molar-refractivity contribution < 1.29 is 23.8 Å². The van der Waals surface area contributed by atoms with E-state index in [1.54, 1.807) is 43.3 Å². The van der Waals surface area contributed by atoms with Gasteiger partial charge in [0.25, 0.3) is 5.22 Å². The van der Waals surface area contributed by atoms with Crippen LogP contribution in [-0.2, 0) is 11.4 Å². The number of carboxylic acid groups (broad SMARTS) is 1. The number of rotatable bonds is 9. The SMILES string of the molecule is CCOc1cc(/C=C(\Sc2nnc(C)o2)C(=O)O)ccc1OCc1ccc(Cl)cc1Cl. The molecular formula is C21H18Cl2N2O5S. The number of hydrogen-bond acceptors (Lipinski definition) is 7. The van der Waals surface area contributed by atoms with Crippen molar-refractivity contribution in [2.24, 2.45) is 0 Å². The normalized spacial score (nSPS) is 11.4. The summed E-state index contributed by atoms with van der Waals surface area (Å²) in [5.74, 6) is 0.219. The van der Waals surface area contributed by atoms with Gasteiger partial charge in [-0.25, -0.2) is 4.79 Å². The summed E-state index contributed by atoms with van der Waals surface area (Å²) < 4.78 is 16.8. The third-order valence-electron chi connectivity index (χ3n) is 3.88. The molecule has 2 aromatic carbocycles. The number of thioether (sulfide) groups is 1. The Morgan fingerprint density at radius 1 is 1.16 bits per heavy atom. The molecule has 10 heteroatoms. The summed E-state index contributed by atoms with van der Waals surface area (Å²) in [5.41, 5.74) is 1.39. The third kappa shape index (κ3) is 6.40. The molecule has 1 heterocycles. The zero-order valence-electron chi connectivity index (χ0n) is 16.6. The highest BCUT2D eigenvalue weighted by Gasteiger charge is 2.15. The Balaban J connectivity index is 1.82. The molecule has 0 aliphatic rings. The summed E-state index contributed by atoms with van der Waals surface area (Å²) in [6.45, 7) is 4.11. The fourth-order valence-electron chi connectivity index (χ4n) is 2.50. The second-order valence-electron chi connectivity index (χ2n) is 6.17. The van der Waals surface area contributed by atoms with Crippen molar-refractivity contribution in [2.75, 3.05) is 6.61 Å². The van der Waals surface area contributed by atoms with Crippen molar-refractivity contribution in [1.29, 1.82) is 0 Å². The van der Waals surface area contributed by atoms with Crippen molar-refractivity contribution in [3.05, 3.63) is 68.4 Å². The van der Waals surface area contributed by atoms with Gasteiger partial charge in [-0.3, -0.25) is 0 Å². The van der Waals surface area contributed by atoms with Crippen molar-refractivity contribution in [3.63, 3.8) is 0 Å². The predicted molar refractivity (Wildman–Crippen MR) is 119 cm³/mol. The summed E-state index contributed by atoms with van der Waals surface area (Å²) in [7, 11) is 0. The number of hydrogen-bond donors (Lipinski definition) is 1. The van der Waals surface area contributed by atoms with Crippen LogP contribution in [0.2, 0.25) is 10.0 Å². The lowest BCUT2D eigenvalue weighted by atomic mass is 10.2. The van der Waals surface area contributed by atoms with Crippen molar-refractivity contribution in [3.8, 4) is 11.5 Å². The molecule has 31 heavy (non-hydrogen) atoms. The molecule has 0 saturated heterocycles. The first-order chi connectivity index (χ1) is 14.9. The molecule has 0 aliphatic carbocycles. The van der Waals surface area contributed by atoms with E-state index < -0.39 is 5.97 Å². The highest BCUT2D eigenvalue weighted by atomic mass is 35.5. The van der Waals surface area contributed by atoms with Gasteiger partial charge in [-0.05, 0) is 54.6 Å². The molecule has 0 spiro atoms. The van der Waals surface area contributed by atoms with E-state index in [1.807, 2.05) is 6.92 Å². The maximum atomic E-state index is 11.7. The van der Waals surface area contributed by atoms with Crippen LogP contribution in [0.5, 0.6) is 11.5 Å². The number of ether oxygens (including phenoxy) is 2. The Morgan fingerprint density at radius 2 is 1.97 bits per heavy atom. The lowest BCUT2D eigenvalue weighted by Gasteiger charge is -2.13. The van der Waals surface area contributed by atoms with Gasteiger partial charge in [-0.1, -0.05) is 35.3 Å². The number of carbonyl (C=O) groups is 1. The van der Waals surface area contributed by atoms with E-state index in [4.69, 9.17) is 37.1 Å². The molecule has 1 aromatic heterocycles. The van der Waals surface area contributed by atoms with Gasteiger partial charge in [0, 0.05) is 22.5 Å². The van der Waals surface area contributed by atoms with E-state index in [2.05, 4.69) is 10.2 Å². The van der Waals surface area contributed by atoms with Gasteiger partial charge >= 0.3 is 5.97 Å². The number of benzene rings is 2. The fraction of sp³-hybridized carbons (Fsp3) is 0.190. The molecule has 0 bridgehead atoms. The average molecular weight is 481 g/mol. The van der Waals surface area contributed by atoms with Crippen molar-refractivity contribution >= 4 is 47.0 Å². The van der Waals surface area contributed by atoms with Crippen LogP contribution < -0.4 is 9.47 Å². The van der Waals surface area contributed by atoms with E-state index in [-0.39, 0.29) is 16.7 Å². The quantitative estimate of drug-likeness (QED) is 0.299. The number of aromatic nitrogens is 2. The molecule has 162 valence electrons. The summed E-state index contributed by atoms with van der Waals surface area (Å²) in [6, 6.07) is 10.3. The number of aryl methyl sites for hydroxylation is 1. The van der Waals surface area contributed by atoms with Gasteiger partial charge in [0.1, 0.15) is 11.5 Å². The molecular weight excluding hydrogens is 463 g/mol. The molecule has 7 nitrogen and oxygen atoms in total. The third-order valence-corrected chi connectivity index (χ3v) is 5.32. The first-order valence-corrected chi connectivity index (χ1v) is 10.7. The van der Waals surface area contributed by atoms with Crippen LogP contribution in [0.1, 0.15) is 23.9 Å². The maximum Gasteiger partial charge on any atom is 0.342 e. The van der Waals surface area contributed by atoms with Crippen LogP contribution >= 0.6 is 35.0 Å². The number of nitrogens with zero attached hydrogens (tertiary/aromatic N) is 2. The Hall–Kier alpha value is -2.68. The average Bonchev–Trinajstić information content (AvgIpc) is 3.13. The second-order valence-corrected chi connectivity index (χ2v) is 8.00. The molecule has 0 aliphatic heterocycles. The maximum absolute atomic E-state index is 11.7. The molecule has 0 radical (unpaired) electrons. The molecule has 0 saturated carbocycles. The minimum atomic E-state index is -1.11. The standard InChI is InChI=1S/C21H18Cl2N2O5S/c1-3-28-18-8-13(9-19(20(26)27)31-21-25-24-12(2)30-21)4-7-17(18)29-11-14-5-6-15(22)10-16(14)23/h4-10H,3,11H2,1-2H3,(H,26,27)/b19-9-. The van der Waals surface area contributed by atoms with E-state index in [1.165, 1.54) is 6.08 Å². The molecule has 0 amide bonds. The highest BCUT2D eigenvalue weighted by molar-refractivity contribution is 8.03. The molecule has 1 N–H and O–H groups in total. The van der Waals surface area contributed by atoms with Gasteiger partial charge in [0.15, 0.2) is 11.5 Å². The highest BCUT2D eigenvalue weighted by Crippen LogP contribution is 2.33. The summed E-state index contributed by atoms with van der Waals surface area (Å²) in [6.07, 6.45) is 1.49. The van der Waals surface area contributed by atoms with Crippen LogP contribution in [0, 0.1) is 6.92 Å². The van der Waals surface area contributed by atoms with Crippen molar-refractivity contribution in [1.82, 2.24) is 10.2 Å². The molecule has 0 atom stereocenters. The van der Waals surface area contributed by atoms with E-state index in [9.17, 15) is 9.90 Å². The summed E-state index contributed by atoms with van der Waals surface area (Å²) in [5, 5.41) is 18.2. The minimum Gasteiger partial charge on any atom is -0.490 e. The van der Waals surface area contributed by atoms with Crippen LogP contribution in [0.15, 0.2) is 50.9 Å². The van der Waals surface area contributed by atoms with Crippen LogP contribution in [0.4, 0.5) is 0 Å². The summed E-state index contributed by atoms with van der Waals surface area (Å²) >= 11 is 13.0. The van der Waals surface area contributed by atoms with Gasteiger partial charge in [-0.2, -0.15) is 0 Å². The molecule has 0 fully saturated rings. The van der Waals surface area contributed by atoms with Crippen LogP contribution in [0.3, 0.4) is 0 Å². The largest absolute Gasteiger partial charge is 0.490 e. The lowest BCUT2D eigenvalue weighted by molar-refractivity contribution is -0.131. The number of aliphatic carboxylic acids is 1. The molecule has 0 unspecified atom stereocenters. The van der Waals surface area contributed by atoms with Crippen LogP contribution in [-0.4, -0.2) is 27.9 Å². The van der Waals surface area contributed by atoms with E-state index in [0.29, 0.717) is 39.6 Å². The lowest BCUT2D eigenvalue weighted by Crippen LogP contribution is -2.01. The zero-order chi connectivity index (χ0) is 22.4. The fourth-order valence-corrected chi connectivity index (χ4v) is 3.67. The Bertz CT molecular complexity index is 1120. The van der Waals surface area contributed by atoms with E-state index >= 15 is 0 Å². The first-order valence-electron chi connectivity index (χ1n) is 9.12.